The quantitative estimate of drug-likeness (QED) is 0.851. The zero-order chi connectivity index (χ0) is 13.8. The fourth-order valence-corrected chi connectivity index (χ4v) is 2.24. The topological polar surface area (TPSA) is 52.6 Å². The van der Waals surface area contributed by atoms with E-state index in [-0.39, 0.29) is 17.7 Å². The van der Waals surface area contributed by atoms with Gasteiger partial charge in [-0.15, -0.1) is 0 Å². The van der Waals surface area contributed by atoms with E-state index >= 15 is 0 Å². The molecule has 0 bridgehead atoms. The third-order valence-corrected chi connectivity index (χ3v) is 3.33. The number of rotatable bonds is 5. The summed E-state index contributed by atoms with van der Waals surface area (Å²) >= 11 is 0. The van der Waals surface area contributed by atoms with Gasteiger partial charge in [-0.25, -0.2) is 4.39 Å². The third kappa shape index (κ3) is 3.67. The Labute approximate surface area is 112 Å². The Morgan fingerprint density at radius 2 is 2.32 bits per heavy atom. The van der Waals surface area contributed by atoms with Crippen molar-refractivity contribution in [1.29, 1.82) is 0 Å². The number of phenols is 1. The lowest BCUT2D eigenvalue weighted by atomic mass is 10.2. The van der Waals surface area contributed by atoms with E-state index in [4.69, 9.17) is 5.11 Å². The number of nitrogens with one attached hydrogen (secondary N) is 1. The van der Waals surface area contributed by atoms with E-state index < -0.39 is 5.82 Å². The summed E-state index contributed by atoms with van der Waals surface area (Å²) in [5, 5.41) is 12.4. The van der Waals surface area contributed by atoms with Crippen LogP contribution in [0.3, 0.4) is 0 Å². The van der Waals surface area contributed by atoms with Gasteiger partial charge in [-0.2, -0.15) is 0 Å². The number of benzene rings is 1. The first-order valence-corrected chi connectivity index (χ1v) is 6.55. The number of carbonyl (C=O) groups is 1. The van der Waals surface area contributed by atoms with Crippen molar-refractivity contribution in [2.45, 2.75) is 32.4 Å². The van der Waals surface area contributed by atoms with Crippen molar-refractivity contribution < 1.29 is 14.3 Å². The fraction of sp³-hybridized carbons (Fsp3) is 0.500. The van der Waals surface area contributed by atoms with Crippen molar-refractivity contribution >= 4 is 5.91 Å². The van der Waals surface area contributed by atoms with E-state index in [1.807, 2.05) is 11.8 Å². The molecule has 4 nitrogen and oxygen atoms in total. The van der Waals surface area contributed by atoms with Crippen LogP contribution in [-0.2, 0) is 11.3 Å². The first kappa shape index (κ1) is 13.8. The molecule has 1 atom stereocenters. The Hall–Kier alpha value is -1.62. The minimum Gasteiger partial charge on any atom is -0.505 e. The minimum absolute atomic E-state index is 0.152. The Kier molecular flexibility index (Phi) is 4.37. The maximum atomic E-state index is 13.2. The predicted molar refractivity (Wildman–Crippen MR) is 70.2 cm³/mol. The number of halogens is 1. The highest BCUT2D eigenvalue weighted by Crippen LogP contribution is 2.16. The molecule has 0 saturated carbocycles. The summed E-state index contributed by atoms with van der Waals surface area (Å²) in [5.74, 6) is -0.731. The Bertz CT molecular complexity index is 465. The molecule has 1 aliphatic rings. The molecular weight excluding hydrogens is 247 g/mol. The summed E-state index contributed by atoms with van der Waals surface area (Å²) in [6, 6.07) is 4.50. The number of hydrogen-bond donors (Lipinski definition) is 2. The molecule has 1 aliphatic heterocycles. The molecule has 1 unspecified atom stereocenters. The van der Waals surface area contributed by atoms with Crippen molar-refractivity contribution in [3.05, 3.63) is 29.6 Å². The van der Waals surface area contributed by atoms with Crippen LogP contribution >= 0.6 is 0 Å². The van der Waals surface area contributed by atoms with Crippen LogP contribution in [-0.4, -0.2) is 35.0 Å². The number of carbonyl (C=O) groups excluding carboxylic acids is 1. The summed E-state index contributed by atoms with van der Waals surface area (Å²) in [6.07, 6.45) is 1.59. The molecule has 0 radical (unpaired) electrons. The van der Waals surface area contributed by atoms with Crippen molar-refractivity contribution in [1.82, 2.24) is 10.2 Å². The van der Waals surface area contributed by atoms with Crippen molar-refractivity contribution in [2.24, 2.45) is 0 Å². The average Bonchev–Trinajstić information content (AvgIpc) is 2.77. The molecular formula is C14H19FN2O2. The van der Waals surface area contributed by atoms with E-state index in [0.717, 1.165) is 18.5 Å². The fourth-order valence-electron chi connectivity index (χ4n) is 2.24. The van der Waals surface area contributed by atoms with Gasteiger partial charge < -0.3 is 15.3 Å². The molecule has 0 spiro atoms. The second-order valence-corrected chi connectivity index (χ2v) is 5.01. The Morgan fingerprint density at radius 1 is 1.53 bits per heavy atom. The van der Waals surface area contributed by atoms with Crippen molar-refractivity contribution in [2.75, 3.05) is 13.1 Å². The largest absolute Gasteiger partial charge is 0.505 e. The van der Waals surface area contributed by atoms with E-state index in [1.165, 1.54) is 12.1 Å². The van der Waals surface area contributed by atoms with Gasteiger partial charge in [-0.3, -0.25) is 4.79 Å². The van der Waals surface area contributed by atoms with Crippen LogP contribution in [0.2, 0.25) is 0 Å². The van der Waals surface area contributed by atoms with Crippen LogP contribution < -0.4 is 5.32 Å². The highest BCUT2D eigenvalue weighted by Gasteiger charge is 2.21. The van der Waals surface area contributed by atoms with E-state index in [0.29, 0.717) is 19.5 Å². The number of likely N-dealkylation sites (tertiary alicyclic amines) is 1. The molecule has 1 aromatic rings. The maximum Gasteiger partial charge on any atom is 0.222 e. The van der Waals surface area contributed by atoms with Crippen molar-refractivity contribution in [3.8, 4) is 5.75 Å². The number of aromatic hydroxyl groups is 1. The van der Waals surface area contributed by atoms with Gasteiger partial charge in [-0.05, 0) is 31.0 Å². The second kappa shape index (κ2) is 6.02. The number of phenolic OH excluding ortho intramolecular Hbond substituents is 1. The van der Waals surface area contributed by atoms with Crippen LogP contribution in [0.25, 0.3) is 0 Å². The Balaban J connectivity index is 1.81. The SMILES string of the molecule is CC(CN1CCCC1=O)NCc1ccc(O)c(F)c1. The summed E-state index contributed by atoms with van der Waals surface area (Å²) in [4.78, 5) is 13.3. The monoisotopic (exact) mass is 266 g/mol. The minimum atomic E-state index is -0.610. The van der Waals surface area contributed by atoms with E-state index in [1.54, 1.807) is 6.07 Å². The van der Waals surface area contributed by atoms with Gasteiger partial charge in [0.05, 0.1) is 0 Å². The molecule has 2 N–H and O–H groups in total. The lowest BCUT2D eigenvalue weighted by molar-refractivity contribution is -0.127. The number of nitrogens with zero attached hydrogens (tertiary/aromatic N) is 1. The van der Waals surface area contributed by atoms with Gasteiger partial charge in [0.25, 0.3) is 0 Å². The molecule has 19 heavy (non-hydrogen) atoms. The van der Waals surface area contributed by atoms with Gasteiger partial charge in [0.15, 0.2) is 11.6 Å². The molecule has 0 aromatic heterocycles. The number of hydrogen-bond acceptors (Lipinski definition) is 3. The first-order valence-electron chi connectivity index (χ1n) is 6.55. The van der Waals surface area contributed by atoms with Crippen LogP contribution in [0.4, 0.5) is 4.39 Å². The van der Waals surface area contributed by atoms with Crippen LogP contribution in [0.15, 0.2) is 18.2 Å². The zero-order valence-corrected chi connectivity index (χ0v) is 11.0. The van der Waals surface area contributed by atoms with Gasteiger partial charge in [0.2, 0.25) is 5.91 Å². The van der Waals surface area contributed by atoms with Crippen LogP contribution in [0, 0.1) is 5.82 Å². The summed E-state index contributed by atoms with van der Waals surface area (Å²) in [6.45, 7) is 4.03. The maximum absolute atomic E-state index is 13.2. The summed E-state index contributed by atoms with van der Waals surface area (Å²) in [7, 11) is 0. The highest BCUT2D eigenvalue weighted by molar-refractivity contribution is 5.78. The van der Waals surface area contributed by atoms with Gasteiger partial charge in [0, 0.05) is 32.1 Å². The molecule has 1 aromatic carbocycles. The molecule has 1 saturated heterocycles. The first-order chi connectivity index (χ1) is 9.06. The molecule has 0 aliphatic carbocycles. The van der Waals surface area contributed by atoms with E-state index in [9.17, 15) is 9.18 Å². The molecule has 1 heterocycles. The van der Waals surface area contributed by atoms with Crippen LogP contribution in [0.1, 0.15) is 25.3 Å². The van der Waals surface area contributed by atoms with Gasteiger partial charge in [-0.1, -0.05) is 6.07 Å². The molecule has 5 heteroatoms. The molecule has 104 valence electrons. The lowest BCUT2D eigenvalue weighted by Gasteiger charge is -2.21. The normalized spacial score (nSPS) is 16.9. The predicted octanol–water partition coefficient (Wildman–Crippen LogP) is 1.63. The third-order valence-electron chi connectivity index (χ3n) is 3.33. The average molecular weight is 266 g/mol. The summed E-state index contributed by atoms with van der Waals surface area (Å²) < 4.78 is 13.2. The van der Waals surface area contributed by atoms with Crippen molar-refractivity contribution in [3.63, 3.8) is 0 Å². The lowest BCUT2D eigenvalue weighted by Crippen LogP contribution is -2.39. The molecule has 1 amide bonds. The zero-order valence-electron chi connectivity index (χ0n) is 11.0. The smallest absolute Gasteiger partial charge is 0.222 e. The van der Waals surface area contributed by atoms with E-state index in [2.05, 4.69) is 5.32 Å². The Morgan fingerprint density at radius 3 is 2.95 bits per heavy atom. The standard InChI is InChI=1S/C14H19FN2O2/c1-10(9-17-6-2-3-14(17)19)16-8-11-4-5-13(18)12(15)7-11/h4-5,7,10,16,18H,2-3,6,8-9H2,1H3. The van der Waals surface area contributed by atoms with Crippen LogP contribution in [0.5, 0.6) is 5.75 Å². The summed E-state index contributed by atoms with van der Waals surface area (Å²) in [5.41, 5.74) is 0.773. The highest BCUT2D eigenvalue weighted by atomic mass is 19.1. The molecule has 1 fully saturated rings. The van der Waals surface area contributed by atoms with Gasteiger partial charge in [0.1, 0.15) is 0 Å². The second-order valence-electron chi connectivity index (χ2n) is 5.01. The van der Waals surface area contributed by atoms with Gasteiger partial charge >= 0.3 is 0 Å². The molecule has 2 rings (SSSR count). The number of amides is 1.